The molecule has 2 aromatic rings. The molecule has 0 unspecified atom stereocenters. The minimum Gasteiger partial charge on any atom is -0.454 e. The summed E-state index contributed by atoms with van der Waals surface area (Å²) < 4.78 is 24.1. The number of benzene rings is 1. The molecule has 0 fully saturated rings. The maximum Gasteiger partial charge on any atom is 0.231 e. The molecule has 0 spiro atoms. The monoisotopic (exact) mass is 250 g/mol. The van der Waals surface area contributed by atoms with Gasteiger partial charge in [-0.15, -0.1) is 0 Å². The standard InChI is InChI=1S/C11H7FN2O2S/c12-9-10(13-4-14-11(9)17)6-1-2-7-8(3-6)16-5-15-7/h1-4H,5H2,(H,13,14,17). The zero-order valence-electron chi connectivity index (χ0n) is 8.57. The van der Waals surface area contributed by atoms with E-state index >= 15 is 0 Å². The van der Waals surface area contributed by atoms with Gasteiger partial charge in [-0.25, -0.2) is 9.37 Å². The molecule has 1 aromatic heterocycles. The van der Waals surface area contributed by atoms with Crippen molar-refractivity contribution in [2.75, 3.05) is 6.79 Å². The lowest BCUT2D eigenvalue weighted by Crippen LogP contribution is -1.93. The zero-order chi connectivity index (χ0) is 11.8. The fraction of sp³-hybridized carbons (Fsp3) is 0.0909. The number of nitrogens with one attached hydrogen (secondary N) is 1. The highest BCUT2D eigenvalue weighted by atomic mass is 32.1. The normalized spacial score (nSPS) is 12.8. The molecule has 86 valence electrons. The average molecular weight is 250 g/mol. The molecule has 0 saturated heterocycles. The third-order valence-corrected chi connectivity index (χ3v) is 2.74. The van der Waals surface area contributed by atoms with E-state index in [4.69, 9.17) is 21.7 Å². The molecule has 0 atom stereocenters. The maximum absolute atomic E-state index is 13.8. The molecule has 0 bridgehead atoms. The number of nitrogens with zero attached hydrogens (tertiary/aromatic N) is 1. The molecular formula is C11H7FN2O2S. The average Bonchev–Trinajstić information content (AvgIpc) is 2.79. The number of rotatable bonds is 1. The molecule has 1 aliphatic rings. The van der Waals surface area contributed by atoms with Crippen molar-refractivity contribution in [1.82, 2.24) is 9.97 Å². The summed E-state index contributed by atoms with van der Waals surface area (Å²) in [5.74, 6) is 0.709. The molecule has 0 radical (unpaired) electrons. The van der Waals surface area contributed by atoms with Crippen LogP contribution < -0.4 is 9.47 Å². The van der Waals surface area contributed by atoms with Crippen molar-refractivity contribution in [3.8, 4) is 22.8 Å². The highest BCUT2D eigenvalue weighted by Crippen LogP contribution is 2.35. The minimum atomic E-state index is -0.540. The van der Waals surface area contributed by atoms with Crippen molar-refractivity contribution in [1.29, 1.82) is 0 Å². The number of H-pyrrole nitrogens is 1. The minimum absolute atomic E-state index is 0.0589. The Morgan fingerprint density at radius 1 is 1.29 bits per heavy atom. The van der Waals surface area contributed by atoms with E-state index < -0.39 is 5.82 Å². The van der Waals surface area contributed by atoms with Gasteiger partial charge in [0.25, 0.3) is 0 Å². The van der Waals surface area contributed by atoms with Gasteiger partial charge in [0.15, 0.2) is 22.0 Å². The van der Waals surface area contributed by atoms with E-state index in [1.165, 1.54) is 6.33 Å². The maximum atomic E-state index is 13.8. The molecule has 4 nitrogen and oxygen atoms in total. The largest absolute Gasteiger partial charge is 0.454 e. The Kier molecular flexibility index (Phi) is 2.29. The molecule has 1 aromatic carbocycles. The first-order valence-corrected chi connectivity index (χ1v) is 5.30. The molecule has 0 aliphatic carbocycles. The molecule has 0 amide bonds. The van der Waals surface area contributed by atoms with Crippen molar-refractivity contribution in [3.63, 3.8) is 0 Å². The van der Waals surface area contributed by atoms with Crippen LogP contribution >= 0.6 is 12.2 Å². The number of hydrogen-bond acceptors (Lipinski definition) is 4. The van der Waals surface area contributed by atoms with Gasteiger partial charge >= 0.3 is 0 Å². The predicted octanol–water partition coefficient (Wildman–Crippen LogP) is 2.67. The molecule has 1 aliphatic heterocycles. The van der Waals surface area contributed by atoms with E-state index in [1.54, 1.807) is 18.2 Å². The number of hydrogen-bond donors (Lipinski definition) is 1. The quantitative estimate of drug-likeness (QED) is 0.790. The van der Waals surface area contributed by atoms with Crippen LogP contribution in [0.5, 0.6) is 11.5 Å². The topological polar surface area (TPSA) is 47.1 Å². The SMILES string of the molecule is Fc1c(-c2ccc3c(c2)OCO3)[nH]cnc1=S. The van der Waals surface area contributed by atoms with Crippen molar-refractivity contribution in [2.24, 2.45) is 0 Å². The Morgan fingerprint density at radius 3 is 3.00 bits per heavy atom. The molecule has 3 rings (SSSR count). The Morgan fingerprint density at radius 2 is 2.12 bits per heavy atom. The van der Waals surface area contributed by atoms with Crippen LogP contribution in [0.1, 0.15) is 0 Å². The van der Waals surface area contributed by atoms with Gasteiger partial charge in [-0.05, 0) is 18.2 Å². The van der Waals surface area contributed by atoms with Gasteiger partial charge < -0.3 is 14.5 Å². The second-order valence-corrected chi connectivity index (χ2v) is 3.85. The van der Waals surface area contributed by atoms with Gasteiger partial charge in [0, 0.05) is 5.56 Å². The second kappa shape index (κ2) is 3.81. The van der Waals surface area contributed by atoms with Crippen molar-refractivity contribution in [3.05, 3.63) is 35.0 Å². The third kappa shape index (κ3) is 1.66. The zero-order valence-corrected chi connectivity index (χ0v) is 9.38. The van der Waals surface area contributed by atoms with Crippen LogP contribution in [0.25, 0.3) is 11.3 Å². The van der Waals surface area contributed by atoms with Crippen LogP contribution in [0.2, 0.25) is 0 Å². The predicted molar refractivity (Wildman–Crippen MR) is 60.9 cm³/mol. The Balaban J connectivity index is 2.16. The summed E-state index contributed by atoms with van der Waals surface area (Å²) in [5, 5.41) is 0. The lowest BCUT2D eigenvalue weighted by molar-refractivity contribution is 0.174. The summed E-state index contributed by atoms with van der Waals surface area (Å²) in [6.45, 7) is 0.188. The summed E-state index contributed by atoms with van der Waals surface area (Å²) in [5.41, 5.74) is 0.934. The van der Waals surface area contributed by atoms with Crippen molar-refractivity contribution in [2.45, 2.75) is 0 Å². The second-order valence-electron chi connectivity index (χ2n) is 3.46. The molecular weight excluding hydrogens is 243 g/mol. The molecule has 0 saturated carbocycles. The van der Waals surface area contributed by atoms with Gasteiger partial charge in [0.05, 0.1) is 12.0 Å². The van der Waals surface area contributed by atoms with Gasteiger partial charge in [-0.1, -0.05) is 12.2 Å². The van der Waals surface area contributed by atoms with E-state index in [2.05, 4.69) is 9.97 Å². The van der Waals surface area contributed by atoms with Crippen LogP contribution in [0.4, 0.5) is 4.39 Å². The highest BCUT2D eigenvalue weighted by Gasteiger charge is 2.15. The number of fused-ring (bicyclic) bond motifs is 1. The summed E-state index contributed by atoms with van der Waals surface area (Å²) in [6.07, 6.45) is 1.37. The fourth-order valence-corrected chi connectivity index (χ4v) is 1.80. The van der Waals surface area contributed by atoms with Crippen molar-refractivity contribution < 1.29 is 13.9 Å². The van der Waals surface area contributed by atoms with Crippen LogP contribution in [0.3, 0.4) is 0 Å². The van der Waals surface area contributed by atoms with Gasteiger partial charge in [-0.2, -0.15) is 0 Å². The third-order valence-electron chi connectivity index (χ3n) is 2.46. The van der Waals surface area contributed by atoms with Crippen LogP contribution in [-0.4, -0.2) is 16.8 Å². The van der Waals surface area contributed by atoms with E-state index in [1.807, 2.05) is 0 Å². The van der Waals surface area contributed by atoms with E-state index in [0.717, 1.165) is 0 Å². The molecule has 2 heterocycles. The van der Waals surface area contributed by atoms with Gasteiger partial charge in [0.1, 0.15) is 0 Å². The lowest BCUT2D eigenvalue weighted by atomic mass is 10.1. The Bertz CT molecular complexity index is 642. The number of aromatic amines is 1. The summed E-state index contributed by atoms with van der Waals surface area (Å²) >= 11 is 4.78. The van der Waals surface area contributed by atoms with Crippen LogP contribution in [0.15, 0.2) is 24.5 Å². The van der Waals surface area contributed by atoms with E-state index in [0.29, 0.717) is 22.8 Å². The smallest absolute Gasteiger partial charge is 0.231 e. The molecule has 1 N–H and O–H groups in total. The van der Waals surface area contributed by atoms with E-state index in [9.17, 15) is 4.39 Å². The van der Waals surface area contributed by atoms with Crippen molar-refractivity contribution >= 4 is 12.2 Å². The number of aromatic nitrogens is 2. The number of halogens is 1. The Hall–Kier alpha value is -1.95. The van der Waals surface area contributed by atoms with Gasteiger partial charge in [0.2, 0.25) is 6.79 Å². The highest BCUT2D eigenvalue weighted by molar-refractivity contribution is 7.71. The first kappa shape index (κ1) is 10.2. The first-order valence-electron chi connectivity index (χ1n) is 4.89. The van der Waals surface area contributed by atoms with E-state index in [-0.39, 0.29) is 11.4 Å². The first-order chi connectivity index (χ1) is 8.25. The lowest BCUT2D eigenvalue weighted by Gasteiger charge is -2.04. The molecule has 17 heavy (non-hydrogen) atoms. The van der Waals surface area contributed by atoms with Crippen LogP contribution in [-0.2, 0) is 0 Å². The van der Waals surface area contributed by atoms with Gasteiger partial charge in [-0.3, -0.25) is 0 Å². The Labute approximate surface area is 101 Å². The van der Waals surface area contributed by atoms with Crippen LogP contribution in [0, 0.1) is 10.5 Å². The summed E-state index contributed by atoms with van der Waals surface area (Å²) in [7, 11) is 0. The fourth-order valence-electron chi connectivity index (χ4n) is 1.64. The number of ether oxygens (including phenoxy) is 2. The molecule has 6 heteroatoms. The summed E-state index contributed by atoms with van der Waals surface area (Å²) in [4.78, 5) is 6.40. The summed E-state index contributed by atoms with van der Waals surface area (Å²) in [6, 6.07) is 5.16.